The molecule has 1 saturated heterocycles. The Morgan fingerprint density at radius 2 is 2.18 bits per heavy atom. The van der Waals surface area contributed by atoms with Gasteiger partial charge in [0.25, 0.3) is 5.91 Å². The van der Waals surface area contributed by atoms with Crippen LogP contribution in [0.25, 0.3) is 0 Å². The summed E-state index contributed by atoms with van der Waals surface area (Å²) < 4.78 is 5.18. The Labute approximate surface area is 133 Å². The number of carbonyl (C=O) groups excluding carboxylic acids is 2. The molecule has 2 aliphatic rings. The number of nitrogens with zero attached hydrogens (tertiary/aromatic N) is 1. The molecule has 1 unspecified atom stereocenters. The van der Waals surface area contributed by atoms with E-state index in [4.69, 9.17) is 22.1 Å². The first-order valence-electron chi connectivity index (χ1n) is 7.23. The maximum atomic E-state index is 12.4. The maximum Gasteiger partial charge on any atom is 0.255 e. The van der Waals surface area contributed by atoms with E-state index in [0.717, 1.165) is 12.8 Å². The number of halogens is 1. The number of amides is 2. The van der Waals surface area contributed by atoms with Crippen molar-refractivity contribution in [2.24, 2.45) is 0 Å². The zero-order chi connectivity index (χ0) is 15.9. The first kappa shape index (κ1) is 15.0. The van der Waals surface area contributed by atoms with Gasteiger partial charge in [0.15, 0.2) is 0 Å². The highest BCUT2D eigenvalue weighted by molar-refractivity contribution is 6.33. The van der Waals surface area contributed by atoms with E-state index in [1.807, 2.05) is 4.90 Å². The van der Waals surface area contributed by atoms with Crippen molar-refractivity contribution < 1.29 is 14.3 Å². The lowest BCUT2D eigenvalue weighted by atomic mass is 10.1. The molecule has 0 bridgehead atoms. The summed E-state index contributed by atoms with van der Waals surface area (Å²) in [6, 6.07) is 3.20. The number of ether oxygens (including phenoxy) is 1. The van der Waals surface area contributed by atoms with Crippen LogP contribution in [0.1, 0.15) is 29.6 Å². The van der Waals surface area contributed by atoms with Gasteiger partial charge in [-0.25, -0.2) is 0 Å². The largest absolute Gasteiger partial charge is 0.496 e. The minimum absolute atomic E-state index is 0.107. The molecule has 3 N–H and O–H groups in total. The highest BCUT2D eigenvalue weighted by Crippen LogP contribution is 2.31. The van der Waals surface area contributed by atoms with Gasteiger partial charge in [0.1, 0.15) is 5.75 Å². The molecule has 6 nitrogen and oxygen atoms in total. The van der Waals surface area contributed by atoms with Crippen LogP contribution in [0.4, 0.5) is 5.69 Å². The molecule has 1 saturated carbocycles. The van der Waals surface area contributed by atoms with Crippen molar-refractivity contribution in [2.45, 2.75) is 31.3 Å². The van der Waals surface area contributed by atoms with E-state index in [0.29, 0.717) is 41.0 Å². The molecule has 7 heteroatoms. The van der Waals surface area contributed by atoms with E-state index in [-0.39, 0.29) is 17.9 Å². The van der Waals surface area contributed by atoms with Crippen molar-refractivity contribution in [1.29, 1.82) is 0 Å². The minimum Gasteiger partial charge on any atom is -0.496 e. The van der Waals surface area contributed by atoms with Gasteiger partial charge in [0.05, 0.1) is 29.4 Å². The smallest absolute Gasteiger partial charge is 0.255 e. The number of anilines is 1. The normalized spacial score (nSPS) is 21.1. The van der Waals surface area contributed by atoms with Crippen LogP contribution in [0.5, 0.6) is 5.75 Å². The van der Waals surface area contributed by atoms with Crippen molar-refractivity contribution in [3.8, 4) is 5.75 Å². The summed E-state index contributed by atoms with van der Waals surface area (Å²) in [5.41, 5.74) is 6.38. The molecule has 22 heavy (non-hydrogen) atoms. The van der Waals surface area contributed by atoms with Crippen LogP contribution in [0.3, 0.4) is 0 Å². The van der Waals surface area contributed by atoms with Crippen LogP contribution in [-0.4, -0.2) is 42.5 Å². The standard InChI is InChI=1S/C15H18ClN3O3/c1-22-13-6-12(17)11(16)5-10(13)15(21)18-8-4-14(20)19(7-8)9-2-3-9/h5-6,8-9H,2-4,7,17H2,1H3,(H,18,21). The Hall–Kier alpha value is -1.95. The average Bonchev–Trinajstić information content (AvgIpc) is 3.25. The monoisotopic (exact) mass is 323 g/mol. The Balaban J connectivity index is 1.72. The number of methoxy groups -OCH3 is 1. The van der Waals surface area contributed by atoms with Gasteiger partial charge in [-0.1, -0.05) is 11.6 Å². The van der Waals surface area contributed by atoms with Crippen molar-refractivity contribution in [3.05, 3.63) is 22.7 Å². The van der Waals surface area contributed by atoms with Gasteiger partial charge in [0, 0.05) is 25.1 Å². The van der Waals surface area contributed by atoms with Crippen molar-refractivity contribution >= 4 is 29.1 Å². The summed E-state index contributed by atoms with van der Waals surface area (Å²) in [5, 5.41) is 3.18. The van der Waals surface area contributed by atoms with Gasteiger partial charge in [-0.15, -0.1) is 0 Å². The Kier molecular flexibility index (Phi) is 3.87. The number of rotatable bonds is 4. The van der Waals surface area contributed by atoms with Crippen LogP contribution in [0, 0.1) is 0 Å². The molecule has 0 radical (unpaired) electrons. The highest BCUT2D eigenvalue weighted by Gasteiger charge is 2.39. The third-order valence-electron chi connectivity index (χ3n) is 4.04. The summed E-state index contributed by atoms with van der Waals surface area (Å²) in [7, 11) is 1.47. The lowest BCUT2D eigenvalue weighted by molar-refractivity contribution is -0.128. The highest BCUT2D eigenvalue weighted by atomic mass is 35.5. The third kappa shape index (κ3) is 2.83. The van der Waals surface area contributed by atoms with Crippen LogP contribution in [0.15, 0.2) is 12.1 Å². The first-order valence-corrected chi connectivity index (χ1v) is 7.60. The molecule has 3 rings (SSSR count). The van der Waals surface area contributed by atoms with Gasteiger partial charge in [-0.05, 0) is 18.9 Å². The fourth-order valence-electron chi connectivity index (χ4n) is 2.75. The van der Waals surface area contributed by atoms with E-state index >= 15 is 0 Å². The second kappa shape index (κ2) is 5.68. The van der Waals surface area contributed by atoms with Gasteiger partial charge in [-0.2, -0.15) is 0 Å². The molecule has 1 aliphatic carbocycles. The summed E-state index contributed by atoms with van der Waals surface area (Å²) in [5.74, 6) is 0.159. The Morgan fingerprint density at radius 3 is 2.82 bits per heavy atom. The molecular weight excluding hydrogens is 306 g/mol. The van der Waals surface area contributed by atoms with Gasteiger partial charge < -0.3 is 20.7 Å². The fourth-order valence-corrected chi connectivity index (χ4v) is 2.91. The molecule has 0 aromatic heterocycles. The number of carbonyl (C=O) groups is 2. The van der Waals surface area contributed by atoms with Gasteiger partial charge in [-0.3, -0.25) is 9.59 Å². The minimum atomic E-state index is -0.311. The summed E-state index contributed by atoms with van der Waals surface area (Å²) in [6.07, 6.45) is 2.47. The van der Waals surface area contributed by atoms with Crippen LogP contribution < -0.4 is 15.8 Å². The molecular formula is C15H18ClN3O3. The van der Waals surface area contributed by atoms with E-state index < -0.39 is 0 Å². The summed E-state index contributed by atoms with van der Waals surface area (Å²) in [4.78, 5) is 26.2. The summed E-state index contributed by atoms with van der Waals surface area (Å²) >= 11 is 5.98. The van der Waals surface area contributed by atoms with Gasteiger partial charge in [0.2, 0.25) is 5.91 Å². The first-order chi connectivity index (χ1) is 10.5. The predicted molar refractivity (Wildman–Crippen MR) is 83.0 cm³/mol. The molecule has 0 spiro atoms. The van der Waals surface area contributed by atoms with E-state index in [2.05, 4.69) is 5.32 Å². The quantitative estimate of drug-likeness (QED) is 0.821. The van der Waals surface area contributed by atoms with Crippen molar-refractivity contribution in [2.75, 3.05) is 19.4 Å². The average molecular weight is 324 g/mol. The van der Waals surface area contributed by atoms with Crippen LogP contribution in [0.2, 0.25) is 5.02 Å². The summed E-state index contributed by atoms with van der Waals surface area (Å²) in [6.45, 7) is 0.570. The third-order valence-corrected chi connectivity index (χ3v) is 4.37. The van der Waals surface area contributed by atoms with Crippen molar-refractivity contribution in [1.82, 2.24) is 10.2 Å². The zero-order valence-corrected chi connectivity index (χ0v) is 13.0. The number of nitrogens with two attached hydrogens (primary N) is 1. The van der Waals surface area contributed by atoms with Crippen LogP contribution in [-0.2, 0) is 4.79 Å². The number of nitrogen functional groups attached to an aromatic ring is 1. The molecule has 2 fully saturated rings. The lowest BCUT2D eigenvalue weighted by Crippen LogP contribution is -2.37. The Morgan fingerprint density at radius 1 is 1.45 bits per heavy atom. The molecule has 1 aromatic carbocycles. The van der Waals surface area contributed by atoms with E-state index in [9.17, 15) is 9.59 Å². The molecule has 2 amide bonds. The zero-order valence-electron chi connectivity index (χ0n) is 12.3. The molecule has 118 valence electrons. The van der Waals surface area contributed by atoms with Crippen LogP contribution >= 0.6 is 11.6 Å². The van der Waals surface area contributed by atoms with E-state index in [1.165, 1.54) is 19.2 Å². The predicted octanol–water partition coefficient (Wildman–Crippen LogP) is 1.42. The van der Waals surface area contributed by atoms with Crippen molar-refractivity contribution in [3.63, 3.8) is 0 Å². The molecule has 1 aromatic rings. The number of hydrogen-bond acceptors (Lipinski definition) is 4. The second-order valence-corrected chi connectivity index (χ2v) is 6.13. The van der Waals surface area contributed by atoms with Gasteiger partial charge >= 0.3 is 0 Å². The molecule has 1 aliphatic heterocycles. The SMILES string of the molecule is COc1cc(N)c(Cl)cc1C(=O)NC1CC(=O)N(C2CC2)C1. The molecule has 1 heterocycles. The number of benzene rings is 1. The number of likely N-dealkylation sites (tertiary alicyclic amines) is 1. The molecule has 1 atom stereocenters. The maximum absolute atomic E-state index is 12.4. The fraction of sp³-hybridized carbons (Fsp3) is 0.467. The Bertz CT molecular complexity index is 631. The number of nitrogens with one attached hydrogen (secondary N) is 1. The topological polar surface area (TPSA) is 84.7 Å². The van der Waals surface area contributed by atoms with E-state index in [1.54, 1.807) is 0 Å². The lowest BCUT2D eigenvalue weighted by Gasteiger charge is -2.17. The number of hydrogen-bond donors (Lipinski definition) is 2. The second-order valence-electron chi connectivity index (χ2n) is 5.73.